The second-order valence-electron chi connectivity index (χ2n) is 6.01. The minimum absolute atomic E-state index is 0.344. The largest absolute Gasteiger partial charge is 0.377 e. The number of hydrogen-bond acceptors (Lipinski definition) is 3. The van der Waals surface area contributed by atoms with E-state index in [2.05, 4.69) is 17.1 Å². The molecular formula is C14H24N2O2. The van der Waals surface area contributed by atoms with Crippen LogP contribution in [0.2, 0.25) is 0 Å². The number of rotatable bonds is 3. The van der Waals surface area contributed by atoms with Gasteiger partial charge < -0.3 is 15.0 Å². The molecule has 0 aromatic rings. The lowest BCUT2D eigenvalue weighted by molar-refractivity contribution is -0.133. The Bertz CT molecular complexity index is 309. The average Bonchev–Trinajstić information content (AvgIpc) is 3.16. The van der Waals surface area contributed by atoms with E-state index in [-0.39, 0.29) is 0 Å². The van der Waals surface area contributed by atoms with Gasteiger partial charge >= 0.3 is 0 Å². The van der Waals surface area contributed by atoms with Crippen molar-refractivity contribution >= 4 is 5.91 Å². The molecule has 3 fully saturated rings. The molecule has 1 amide bonds. The van der Waals surface area contributed by atoms with Gasteiger partial charge in [0, 0.05) is 37.7 Å². The zero-order chi connectivity index (χ0) is 12.5. The molecule has 2 heterocycles. The van der Waals surface area contributed by atoms with Crippen LogP contribution in [0.15, 0.2) is 0 Å². The molecule has 18 heavy (non-hydrogen) atoms. The summed E-state index contributed by atoms with van der Waals surface area (Å²) in [5.41, 5.74) is 0. The maximum Gasteiger partial charge on any atom is 0.225 e. The van der Waals surface area contributed by atoms with Gasteiger partial charge in [-0.3, -0.25) is 4.79 Å². The lowest BCUT2D eigenvalue weighted by Gasteiger charge is -2.34. The molecule has 0 spiro atoms. The van der Waals surface area contributed by atoms with Crippen molar-refractivity contribution in [3.63, 3.8) is 0 Å². The van der Waals surface area contributed by atoms with Crippen LogP contribution in [0.3, 0.4) is 0 Å². The number of likely N-dealkylation sites (tertiary alicyclic amines) is 1. The van der Waals surface area contributed by atoms with Crippen LogP contribution in [-0.2, 0) is 9.53 Å². The van der Waals surface area contributed by atoms with E-state index in [1.807, 2.05) is 0 Å². The van der Waals surface area contributed by atoms with Gasteiger partial charge in [0.25, 0.3) is 0 Å². The highest BCUT2D eigenvalue weighted by Crippen LogP contribution is 2.32. The van der Waals surface area contributed by atoms with Crippen LogP contribution in [0, 0.1) is 5.92 Å². The molecule has 2 atom stereocenters. The monoisotopic (exact) mass is 252 g/mol. The number of hydrogen-bond donors (Lipinski definition) is 1. The van der Waals surface area contributed by atoms with Gasteiger partial charge in [-0.25, -0.2) is 0 Å². The zero-order valence-electron chi connectivity index (χ0n) is 11.2. The first-order valence-electron chi connectivity index (χ1n) is 7.40. The van der Waals surface area contributed by atoms with E-state index in [0.29, 0.717) is 30.0 Å². The number of ether oxygens (including phenoxy) is 1. The highest BCUT2D eigenvalue weighted by molar-refractivity contribution is 5.81. The third kappa shape index (κ3) is 2.69. The first-order valence-corrected chi connectivity index (χ1v) is 7.40. The molecule has 1 saturated carbocycles. The van der Waals surface area contributed by atoms with Crippen LogP contribution < -0.4 is 5.32 Å². The Labute approximate surface area is 109 Å². The van der Waals surface area contributed by atoms with Crippen LogP contribution in [0.5, 0.6) is 0 Å². The average molecular weight is 252 g/mol. The van der Waals surface area contributed by atoms with Crippen molar-refractivity contribution < 1.29 is 9.53 Å². The lowest BCUT2D eigenvalue weighted by atomic mass is 10.0. The number of carbonyl (C=O) groups excluding carboxylic acids is 1. The minimum Gasteiger partial charge on any atom is -0.377 e. The van der Waals surface area contributed by atoms with Crippen molar-refractivity contribution in [2.75, 3.05) is 19.7 Å². The number of nitrogens with zero attached hydrogens (tertiary/aromatic N) is 1. The standard InChI is InChI=1S/C14H24N2O2/c1-10-13(6-9-18-10)15-12-4-7-16(8-5-12)14(17)11-2-3-11/h10-13,15H,2-9H2,1H3. The predicted molar refractivity (Wildman–Crippen MR) is 69.3 cm³/mol. The molecule has 4 nitrogen and oxygen atoms in total. The van der Waals surface area contributed by atoms with Gasteiger partial charge in [0.15, 0.2) is 0 Å². The number of nitrogens with one attached hydrogen (secondary N) is 1. The summed E-state index contributed by atoms with van der Waals surface area (Å²) >= 11 is 0. The van der Waals surface area contributed by atoms with Crippen LogP contribution >= 0.6 is 0 Å². The van der Waals surface area contributed by atoms with Gasteiger partial charge in [-0.2, -0.15) is 0 Å². The summed E-state index contributed by atoms with van der Waals surface area (Å²) in [5.74, 6) is 0.781. The predicted octanol–water partition coefficient (Wildman–Crippen LogP) is 1.15. The van der Waals surface area contributed by atoms with Gasteiger partial charge in [-0.15, -0.1) is 0 Å². The Morgan fingerprint density at radius 3 is 2.44 bits per heavy atom. The molecule has 4 heteroatoms. The molecule has 3 rings (SSSR count). The summed E-state index contributed by atoms with van der Waals surface area (Å²) < 4.78 is 5.58. The maximum atomic E-state index is 11.9. The van der Waals surface area contributed by atoms with Gasteiger partial charge in [-0.05, 0) is 39.0 Å². The molecule has 1 N–H and O–H groups in total. The van der Waals surface area contributed by atoms with Crippen LogP contribution in [0.25, 0.3) is 0 Å². The highest BCUT2D eigenvalue weighted by atomic mass is 16.5. The van der Waals surface area contributed by atoms with E-state index in [4.69, 9.17) is 4.74 Å². The molecule has 1 aliphatic carbocycles. The van der Waals surface area contributed by atoms with E-state index in [9.17, 15) is 4.79 Å². The quantitative estimate of drug-likeness (QED) is 0.819. The fourth-order valence-corrected chi connectivity index (χ4v) is 3.11. The molecule has 2 aliphatic heterocycles. The van der Waals surface area contributed by atoms with Crippen molar-refractivity contribution in [3.05, 3.63) is 0 Å². The molecule has 2 saturated heterocycles. The summed E-state index contributed by atoms with van der Waals surface area (Å²) in [5, 5.41) is 3.71. The smallest absolute Gasteiger partial charge is 0.225 e. The molecular weight excluding hydrogens is 228 g/mol. The summed E-state index contributed by atoms with van der Waals surface area (Å²) in [7, 11) is 0. The van der Waals surface area contributed by atoms with Gasteiger partial charge in [-0.1, -0.05) is 0 Å². The van der Waals surface area contributed by atoms with Crippen LogP contribution in [0.1, 0.15) is 39.0 Å². The lowest BCUT2D eigenvalue weighted by Crippen LogP contribution is -2.49. The van der Waals surface area contributed by atoms with E-state index >= 15 is 0 Å². The number of amides is 1. The van der Waals surface area contributed by atoms with E-state index in [1.54, 1.807) is 0 Å². The second kappa shape index (κ2) is 5.17. The van der Waals surface area contributed by atoms with Crippen molar-refractivity contribution in [1.82, 2.24) is 10.2 Å². The minimum atomic E-state index is 0.344. The molecule has 0 aromatic heterocycles. The van der Waals surface area contributed by atoms with Gasteiger partial charge in [0.1, 0.15) is 0 Å². The van der Waals surface area contributed by atoms with Crippen molar-refractivity contribution in [1.29, 1.82) is 0 Å². The fraction of sp³-hybridized carbons (Fsp3) is 0.929. The molecule has 102 valence electrons. The van der Waals surface area contributed by atoms with Gasteiger partial charge in [0.2, 0.25) is 5.91 Å². The number of carbonyl (C=O) groups is 1. The Morgan fingerprint density at radius 1 is 1.17 bits per heavy atom. The summed E-state index contributed by atoms with van der Waals surface area (Å²) in [6.45, 7) is 4.91. The first-order chi connectivity index (χ1) is 8.74. The SMILES string of the molecule is CC1OCCC1NC1CCN(C(=O)C2CC2)CC1. The molecule has 0 bridgehead atoms. The van der Waals surface area contributed by atoms with E-state index < -0.39 is 0 Å². The van der Waals surface area contributed by atoms with Crippen LogP contribution in [0.4, 0.5) is 0 Å². The Hall–Kier alpha value is -0.610. The van der Waals surface area contributed by atoms with E-state index in [1.165, 1.54) is 0 Å². The molecule has 0 aromatic carbocycles. The van der Waals surface area contributed by atoms with E-state index in [0.717, 1.165) is 51.8 Å². The van der Waals surface area contributed by atoms with Gasteiger partial charge in [0.05, 0.1) is 6.10 Å². The van der Waals surface area contributed by atoms with Crippen molar-refractivity contribution in [3.8, 4) is 0 Å². The zero-order valence-corrected chi connectivity index (χ0v) is 11.2. The molecule has 3 aliphatic rings. The Balaban J connectivity index is 1.43. The highest BCUT2D eigenvalue weighted by Gasteiger charge is 2.35. The Kier molecular flexibility index (Phi) is 3.57. The Morgan fingerprint density at radius 2 is 1.89 bits per heavy atom. The fourth-order valence-electron chi connectivity index (χ4n) is 3.11. The number of piperidine rings is 1. The third-order valence-electron chi connectivity index (χ3n) is 4.56. The normalized spacial score (nSPS) is 33.9. The summed E-state index contributed by atoms with van der Waals surface area (Å²) in [4.78, 5) is 14.0. The maximum absolute atomic E-state index is 11.9. The second-order valence-corrected chi connectivity index (χ2v) is 6.01. The first kappa shape index (κ1) is 12.4. The third-order valence-corrected chi connectivity index (χ3v) is 4.56. The molecule has 0 radical (unpaired) electrons. The van der Waals surface area contributed by atoms with Crippen molar-refractivity contribution in [2.24, 2.45) is 5.92 Å². The van der Waals surface area contributed by atoms with Crippen molar-refractivity contribution in [2.45, 2.75) is 57.2 Å². The molecule has 2 unspecified atom stereocenters. The topological polar surface area (TPSA) is 41.6 Å². The van der Waals surface area contributed by atoms with Crippen LogP contribution in [-0.4, -0.2) is 48.7 Å². The summed E-state index contributed by atoms with van der Waals surface area (Å²) in [6.07, 6.45) is 5.91. The summed E-state index contributed by atoms with van der Waals surface area (Å²) in [6, 6.07) is 1.09.